The topological polar surface area (TPSA) is 84.5 Å². The molecule has 6 nitrogen and oxygen atoms in total. The van der Waals surface area contributed by atoms with Gasteiger partial charge in [-0.3, -0.25) is 4.79 Å². The molecule has 4 atom stereocenters. The van der Waals surface area contributed by atoms with E-state index in [9.17, 15) is 19.8 Å². The van der Waals surface area contributed by atoms with Crippen LogP contribution >= 0.6 is 23.5 Å². The van der Waals surface area contributed by atoms with Gasteiger partial charge < -0.3 is 19.9 Å². The number of carboxylic acids is 1. The van der Waals surface area contributed by atoms with Crippen LogP contribution in [-0.4, -0.2) is 44.5 Å². The smallest absolute Gasteiger partial charge is 0.230 e. The van der Waals surface area contributed by atoms with Crippen LogP contribution in [0.25, 0.3) is 0 Å². The third kappa shape index (κ3) is 3.52. The Balaban J connectivity index is 1.55. The number of aromatic nitrogens is 1. The van der Waals surface area contributed by atoms with Crippen LogP contribution in [0.4, 0.5) is 0 Å². The quantitative estimate of drug-likeness (QED) is 0.522. The molecule has 2 aliphatic heterocycles. The summed E-state index contributed by atoms with van der Waals surface area (Å²) >= 11 is 2.96. The summed E-state index contributed by atoms with van der Waals surface area (Å²) in [5, 5.41) is 20.8. The molecule has 8 heteroatoms. The average Bonchev–Trinajstić information content (AvgIpc) is 3.03. The number of aliphatic hydroxyl groups excluding tert-OH is 1. The summed E-state index contributed by atoms with van der Waals surface area (Å²) in [4.78, 5) is 26.6. The molecule has 0 radical (unpaired) electrons. The Kier molecular flexibility index (Phi) is 5.61. The molecule has 0 spiro atoms. The molecule has 0 saturated carbocycles. The van der Waals surface area contributed by atoms with Gasteiger partial charge in [0.15, 0.2) is 18.9 Å². The lowest BCUT2D eigenvalue weighted by molar-refractivity contribution is -0.688. The second kappa shape index (κ2) is 8.14. The first-order chi connectivity index (χ1) is 13.6. The lowest BCUT2D eigenvalue weighted by Gasteiger charge is -2.44. The summed E-state index contributed by atoms with van der Waals surface area (Å²) in [6, 6.07) is 12.8. The van der Waals surface area contributed by atoms with E-state index in [1.54, 1.807) is 0 Å². The Morgan fingerprint density at radius 2 is 1.96 bits per heavy atom. The van der Waals surface area contributed by atoms with Crippen molar-refractivity contribution in [3.05, 3.63) is 60.4 Å². The molecule has 3 unspecified atom stereocenters. The van der Waals surface area contributed by atoms with Gasteiger partial charge in [0.2, 0.25) is 5.91 Å². The highest BCUT2D eigenvalue weighted by Crippen LogP contribution is 2.53. The van der Waals surface area contributed by atoms with Gasteiger partial charge in [0.1, 0.15) is 0 Å². The first kappa shape index (κ1) is 19.3. The third-order valence-electron chi connectivity index (χ3n) is 5.05. The normalized spacial score (nSPS) is 26.0. The molecular weight excluding hydrogens is 396 g/mol. The predicted octanol–water partition coefficient (Wildman–Crippen LogP) is 0.473. The summed E-state index contributed by atoms with van der Waals surface area (Å²) in [5.74, 6) is -1.73. The minimum Gasteiger partial charge on any atom is -0.548 e. The number of hydrogen-bond acceptors (Lipinski definition) is 6. The van der Waals surface area contributed by atoms with Gasteiger partial charge in [-0.15, -0.1) is 23.5 Å². The molecule has 1 N–H and O–H groups in total. The molecule has 2 saturated heterocycles. The minimum absolute atomic E-state index is 0.0771. The fourth-order valence-electron chi connectivity index (χ4n) is 3.68. The van der Waals surface area contributed by atoms with E-state index in [0.29, 0.717) is 13.0 Å². The summed E-state index contributed by atoms with van der Waals surface area (Å²) in [6.07, 6.45) is 4.34. The number of thioether (sulfide) groups is 2. The number of β-lactam (4-membered cyclic amide) rings is 1. The molecule has 1 aromatic carbocycles. The third-order valence-corrected chi connectivity index (χ3v) is 8.17. The fraction of sp³-hybridized carbons (Fsp3) is 0.350. The number of aliphatic hydroxyl groups is 1. The molecule has 1 amide bonds. The summed E-state index contributed by atoms with van der Waals surface area (Å²) in [7, 11) is 0. The van der Waals surface area contributed by atoms with E-state index < -0.39 is 12.0 Å². The Labute approximate surface area is 171 Å². The maximum Gasteiger partial charge on any atom is 0.230 e. The van der Waals surface area contributed by atoms with Crippen LogP contribution in [-0.2, 0) is 16.1 Å². The van der Waals surface area contributed by atoms with E-state index in [0.717, 1.165) is 10.5 Å². The standard InChI is InChI=1S/C20H20N2O4S2/c23-11-8-14-17(24)22-16(19(25)26)20(28-18(14)22)27-15-7-3-2-6-13(15)12-21-9-4-1-5-10-21/h1-7,9-10,14,16,18,20,23H,8,11-12H2/t14-,16?,18?,20?/m0/s1. The lowest BCUT2D eigenvalue weighted by Crippen LogP contribution is -2.63. The van der Waals surface area contributed by atoms with Crippen molar-refractivity contribution in [3.63, 3.8) is 0 Å². The number of hydrogen-bond donors (Lipinski definition) is 1. The average molecular weight is 417 g/mol. The fourth-order valence-corrected chi connectivity index (χ4v) is 7.09. The molecule has 2 aromatic rings. The zero-order valence-corrected chi connectivity index (χ0v) is 16.6. The molecule has 3 heterocycles. The van der Waals surface area contributed by atoms with Crippen LogP contribution in [0.1, 0.15) is 12.0 Å². The summed E-state index contributed by atoms with van der Waals surface area (Å²) in [6.45, 7) is 0.600. The predicted molar refractivity (Wildman–Crippen MR) is 104 cm³/mol. The van der Waals surface area contributed by atoms with Crippen molar-refractivity contribution in [3.8, 4) is 0 Å². The Morgan fingerprint density at radius 3 is 2.68 bits per heavy atom. The lowest BCUT2D eigenvalue weighted by atomic mass is 9.93. The van der Waals surface area contributed by atoms with Gasteiger partial charge in [0.25, 0.3) is 0 Å². The van der Waals surface area contributed by atoms with Crippen LogP contribution in [0.15, 0.2) is 59.8 Å². The van der Waals surface area contributed by atoms with Crippen molar-refractivity contribution in [2.45, 2.75) is 33.9 Å². The number of carbonyl (C=O) groups excluding carboxylic acids is 2. The summed E-state index contributed by atoms with van der Waals surface area (Å²) < 4.78 is 1.72. The first-order valence-electron chi connectivity index (χ1n) is 9.08. The van der Waals surface area contributed by atoms with E-state index in [1.807, 2.05) is 54.9 Å². The van der Waals surface area contributed by atoms with Crippen LogP contribution in [0.2, 0.25) is 0 Å². The van der Waals surface area contributed by atoms with Crippen molar-refractivity contribution in [2.75, 3.05) is 6.61 Å². The Bertz CT molecular complexity index is 880. The van der Waals surface area contributed by atoms with Gasteiger partial charge in [0.05, 0.1) is 27.9 Å². The van der Waals surface area contributed by atoms with Crippen molar-refractivity contribution < 1.29 is 24.4 Å². The van der Waals surface area contributed by atoms with Crippen LogP contribution in [0.3, 0.4) is 0 Å². The number of benzene rings is 1. The second-order valence-corrected chi connectivity index (χ2v) is 9.54. The van der Waals surface area contributed by atoms with Crippen LogP contribution < -0.4 is 9.67 Å². The Morgan fingerprint density at radius 1 is 1.21 bits per heavy atom. The maximum absolute atomic E-state index is 12.4. The van der Waals surface area contributed by atoms with Gasteiger partial charge >= 0.3 is 0 Å². The highest BCUT2D eigenvalue weighted by molar-refractivity contribution is 8.17. The number of amides is 1. The largest absolute Gasteiger partial charge is 0.548 e. The molecule has 1 aromatic heterocycles. The number of nitrogens with zero attached hydrogens (tertiary/aromatic N) is 2. The van der Waals surface area contributed by atoms with Crippen molar-refractivity contribution in [1.29, 1.82) is 0 Å². The number of carbonyl (C=O) groups is 2. The van der Waals surface area contributed by atoms with Gasteiger partial charge in [-0.05, 0) is 12.5 Å². The molecule has 146 valence electrons. The molecule has 2 aliphatic rings. The van der Waals surface area contributed by atoms with Crippen molar-refractivity contribution in [1.82, 2.24) is 4.90 Å². The number of pyridine rings is 1. The zero-order valence-electron chi connectivity index (χ0n) is 15.0. The molecule has 28 heavy (non-hydrogen) atoms. The van der Waals surface area contributed by atoms with Crippen molar-refractivity contribution >= 4 is 35.4 Å². The van der Waals surface area contributed by atoms with Crippen molar-refractivity contribution in [2.24, 2.45) is 5.92 Å². The Hall–Kier alpha value is -2.03. The van der Waals surface area contributed by atoms with Crippen LogP contribution in [0.5, 0.6) is 0 Å². The first-order valence-corrected chi connectivity index (χ1v) is 10.9. The molecule has 0 bridgehead atoms. The monoisotopic (exact) mass is 416 g/mol. The van der Waals surface area contributed by atoms with Gasteiger partial charge in [-0.25, -0.2) is 4.57 Å². The number of aliphatic carboxylic acids is 1. The minimum atomic E-state index is -1.22. The summed E-state index contributed by atoms with van der Waals surface area (Å²) in [5.41, 5.74) is 1.09. The molecule has 0 aliphatic carbocycles. The van der Waals surface area contributed by atoms with E-state index in [2.05, 4.69) is 4.57 Å². The highest BCUT2D eigenvalue weighted by Gasteiger charge is 2.58. The molecule has 2 fully saturated rings. The van der Waals surface area contributed by atoms with Crippen LogP contribution in [0, 0.1) is 5.92 Å². The SMILES string of the molecule is O=C([O-])C1C(Sc2ccccc2C[n+]2ccccc2)SC2[C@@H](CCO)C(=O)N12. The second-order valence-electron chi connectivity index (χ2n) is 6.80. The van der Waals surface area contributed by atoms with E-state index in [-0.39, 0.29) is 28.4 Å². The molecular formula is C20H20N2O4S2. The van der Waals surface area contributed by atoms with Gasteiger partial charge in [-0.2, -0.15) is 0 Å². The van der Waals surface area contributed by atoms with Gasteiger partial charge in [0, 0.05) is 29.2 Å². The number of rotatable bonds is 7. The number of carboxylic acid groups (broad SMARTS) is 1. The maximum atomic E-state index is 12.4. The van der Waals surface area contributed by atoms with Gasteiger partial charge in [-0.1, -0.05) is 24.3 Å². The zero-order chi connectivity index (χ0) is 19.7. The number of fused-ring (bicyclic) bond motifs is 1. The molecule has 4 rings (SSSR count). The van der Waals surface area contributed by atoms with E-state index in [1.165, 1.54) is 28.4 Å². The van der Waals surface area contributed by atoms with E-state index >= 15 is 0 Å². The highest BCUT2D eigenvalue weighted by atomic mass is 32.2. The van der Waals surface area contributed by atoms with E-state index in [4.69, 9.17) is 0 Å².